The number of hydrogen-bond donors (Lipinski definition) is 1. The monoisotopic (exact) mass is 437 g/mol. The van der Waals surface area contributed by atoms with E-state index in [1.54, 1.807) is 23.4 Å². The Bertz CT molecular complexity index is 1340. The van der Waals surface area contributed by atoms with Crippen LogP contribution in [-0.4, -0.2) is 17.4 Å². The standard InChI is InChI=1S/C24H18F3N3O2/c25-24(26,27)17-3-1-2-14(10-17)11-21(31)30-8-6-15-12-16(4-5-19(15)30)23-22(28)18-7-9-32-20(18)13-29-23/h1-5,7,9-10,12-13H,6,8,11,28H2. The van der Waals surface area contributed by atoms with E-state index in [4.69, 9.17) is 10.2 Å². The number of halogens is 3. The Balaban J connectivity index is 1.40. The average Bonchev–Trinajstić information content (AvgIpc) is 3.40. The number of amides is 1. The first kappa shape index (κ1) is 20.1. The van der Waals surface area contributed by atoms with E-state index in [2.05, 4.69) is 4.98 Å². The molecule has 0 aliphatic carbocycles. The summed E-state index contributed by atoms with van der Waals surface area (Å²) in [6.45, 7) is 0.472. The van der Waals surface area contributed by atoms with Crippen molar-refractivity contribution in [2.24, 2.45) is 0 Å². The van der Waals surface area contributed by atoms with Crippen LogP contribution in [0.1, 0.15) is 16.7 Å². The van der Waals surface area contributed by atoms with Crippen LogP contribution in [0, 0.1) is 0 Å². The molecule has 2 aromatic carbocycles. The SMILES string of the molecule is Nc1c(-c2ccc3c(c2)CCN3C(=O)Cc2cccc(C(F)(F)F)c2)ncc2occc12. The molecule has 0 radical (unpaired) electrons. The number of hydrogen-bond acceptors (Lipinski definition) is 4. The van der Waals surface area contributed by atoms with E-state index in [1.165, 1.54) is 12.1 Å². The summed E-state index contributed by atoms with van der Waals surface area (Å²) in [5.74, 6) is -0.242. The number of anilines is 2. The first-order valence-electron chi connectivity index (χ1n) is 10.0. The highest BCUT2D eigenvalue weighted by Gasteiger charge is 2.31. The molecule has 2 N–H and O–H groups in total. The Morgan fingerprint density at radius 1 is 1.16 bits per heavy atom. The summed E-state index contributed by atoms with van der Waals surface area (Å²) in [7, 11) is 0. The number of fused-ring (bicyclic) bond motifs is 2. The Hall–Kier alpha value is -3.81. The zero-order valence-electron chi connectivity index (χ0n) is 16.8. The van der Waals surface area contributed by atoms with Gasteiger partial charge in [0.25, 0.3) is 0 Å². The van der Waals surface area contributed by atoms with Crippen LogP contribution in [0.4, 0.5) is 24.5 Å². The van der Waals surface area contributed by atoms with Gasteiger partial charge in [-0.2, -0.15) is 13.2 Å². The van der Waals surface area contributed by atoms with Crippen LogP contribution in [0.25, 0.3) is 22.2 Å². The van der Waals surface area contributed by atoms with Gasteiger partial charge in [0.2, 0.25) is 5.91 Å². The third-order valence-electron chi connectivity index (χ3n) is 5.71. The molecule has 5 nitrogen and oxygen atoms in total. The second-order valence-electron chi connectivity index (χ2n) is 7.73. The highest BCUT2D eigenvalue weighted by Crippen LogP contribution is 2.36. The molecule has 162 valence electrons. The van der Waals surface area contributed by atoms with Crippen LogP contribution < -0.4 is 10.6 Å². The Morgan fingerprint density at radius 2 is 2.00 bits per heavy atom. The van der Waals surface area contributed by atoms with E-state index >= 15 is 0 Å². The number of rotatable bonds is 3. The van der Waals surface area contributed by atoms with E-state index in [0.717, 1.165) is 34.3 Å². The lowest BCUT2D eigenvalue weighted by atomic mass is 10.0. The quantitative estimate of drug-likeness (QED) is 0.477. The molecule has 3 heterocycles. The molecule has 8 heteroatoms. The third kappa shape index (κ3) is 3.47. The number of carbonyl (C=O) groups excluding carboxylic acids is 1. The second-order valence-corrected chi connectivity index (χ2v) is 7.73. The van der Waals surface area contributed by atoms with E-state index in [-0.39, 0.29) is 12.3 Å². The summed E-state index contributed by atoms with van der Waals surface area (Å²) < 4.78 is 44.2. The van der Waals surface area contributed by atoms with E-state index in [9.17, 15) is 18.0 Å². The van der Waals surface area contributed by atoms with Crippen molar-refractivity contribution < 1.29 is 22.4 Å². The number of nitrogens with zero attached hydrogens (tertiary/aromatic N) is 2. The maximum atomic E-state index is 13.0. The van der Waals surface area contributed by atoms with Gasteiger partial charge >= 0.3 is 6.18 Å². The third-order valence-corrected chi connectivity index (χ3v) is 5.71. The predicted octanol–water partition coefficient (Wildman–Crippen LogP) is 5.23. The molecule has 0 bridgehead atoms. The van der Waals surface area contributed by atoms with E-state index < -0.39 is 11.7 Å². The summed E-state index contributed by atoms with van der Waals surface area (Å²) in [5, 5.41) is 0.786. The van der Waals surface area contributed by atoms with Gasteiger partial charge in [-0.3, -0.25) is 9.78 Å². The van der Waals surface area contributed by atoms with Gasteiger partial charge < -0.3 is 15.1 Å². The molecule has 32 heavy (non-hydrogen) atoms. The largest absolute Gasteiger partial charge is 0.463 e. The van der Waals surface area contributed by atoms with Crippen molar-refractivity contribution in [1.82, 2.24) is 4.98 Å². The van der Waals surface area contributed by atoms with Gasteiger partial charge in [0.05, 0.1) is 35.8 Å². The van der Waals surface area contributed by atoms with Gasteiger partial charge in [0.1, 0.15) is 0 Å². The maximum absolute atomic E-state index is 13.0. The van der Waals surface area contributed by atoms with Gasteiger partial charge in [0.15, 0.2) is 5.58 Å². The van der Waals surface area contributed by atoms with Crippen molar-refractivity contribution in [3.8, 4) is 11.3 Å². The first-order chi connectivity index (χ1) is 15.3. The average molecular weight is 437 g/mol. The summed E-state index contributed by atoms with van der Waals surface area (Å²) in [6, 6.07) is 12.3. The highest BCUT2D eigenvalue weighted by molar-refractivity contribution is 5.99. The smallest absolute Gasteiger partial charge is 0.416 e. The molecule has 0 fully saturated rings. The minimum Gasteiger partial charge on any atom is -0.463 e. The Morgan fingerprint density at radius 3 is 2.81 bits per heavy atom. The van der Waals surface area contributed by atoms with E-state index in [1.807, 2.05) is 18.2 Å². The number of furan rings is 1. The molecular formula is C24H18F3N3O2. The Labute approximate surface area is 181 Å². The maximum Gasteiger partial charge on any atom is 0.416 e. The van der Waals surface area contributed by atoms with Gasteiger partial charge in [-0.1, -0.05) is 24.3 Å². The normalized spacial score (nSPS) is 13.5. The van der Waals surface area contributed by atoms with Crippen molar-refractivity contribution in [2.75, 3.05) is 17.2 Å². The van der Waals surface area contributed by atoms with Gasteiger partial charge in [-0.25, -0.2) is 0 Å². The van der Waals surface area contributed by atoms with Crippen LogP contribution >= 0.6 is 0 Å². The molecule has 1 aliphatic rings. The number of pyridine rings is 1. The van der Waals surface area contributed by atoms with Gasteiger partial charge in [0, 0.05) is 23.2 Å². The molecule has 0 saturated carbocycles. The molecule has 4 aromatic rings. The van der Waals surface area contributed by atoms with Crippen LogP contribution in [0.2, 0.25) is 0 Å². The molecule has 1 aliphatic heterocycles. The van der Waals surface area contributed by atoms with Crippen molar-refractivity contribution in [1.29, 1.82) is 0 Å². The second kappa shape index (κ2) is 7.40. The fraction of sp³-hybridized carbons (Fsp3) is 0.167. The Kier molecular flexibility index (Phi) is 4.65. The lowest BCUT2D eigenvalue weighted by Gasteiger charge is -2.18. The summed E-state index contributed by atoms with van der Waals surface area (Å²) in [5.41, 5.74) is 10.2. The molecular weight excluding hydrogens is 419 g/mol. The van der Waals surface area contributed by atoms with Crippen LogP contribution in [-0.2, 0) is 23.8 Å². The summed E-state index contributed by atoms with van der Waals surface area (Å²) in [4.78, 5) is 18.9. The zero-order valence-corrected chi connectivity index (χ0v) is 16.8. The lowest BCUT2D eigenvalue weighted by molar-refractivity contribution is -0.137. The number of nitrogens with two attached hydrogens (primary N) is 1. The minimum absolute atomic E-state index is 0.100. The molecule has 5 rings (SSSR count). The molecule has 1 amide bonds. The van der Waals surface area contributed by atoms with Crippen molar-refractivity contribution in [3.63, 3.8) is 0 Å². The minimum atomic E-state index is -4.44. The van der Waals surface area contributed by atoms with Crippen molar-refractivity contribution in [3.05, 3.63) is 77.7 Å². The summed E-state index contributed by atoms with van der Waals surface area (Å²) in [6.07, 6.45) is -0.713. The van der Waals surface area contributed by atoms with Gasteiger partial charge in [-0.05, 0) is 41.8 Å². The van der Waals surface area contributed by atoms with Crippen LogP contribution in [0.3, 0.4) is 0 Å². The number of carbonyl (C=O) groups is 1. The van der Waals surface area contributed by atoms with Crippen LogP contribution in [0.15, 0.2) is 65.4 Å². The van der Waals surface area contributed by atoms with Crippen molar-refractivity contribution in [2.45, 2.75) is 19.0 Å². The molecule has 2 aromatic heterocycles. The zero-order chi connectivity index (χ0) is 22.5. The molecule has 0 atom stereocenters. The fourth-order valence-corrected chi connectivity index (χ4v) is 4.13. The predicted molar refractivity (Wildman–Crippen MR) is 115 cm³/mol. The number of nitrogen functional groups attached to an aromatic ring is 1. The van der Waals surface area contributed by atoms with Crippen molar-refractivity contribution >= 4 is 28.3 Å². The van der Waals surface area contributed by atoms with Gasteiger partial charge in [-0.15, -0.1) is 0 Å². The molecule has 0 spiro atoms. The number of benzene rings is 2. The van der Waals surface area contributed by atoms with E-state index in [0.29, 0.717) is 35.5 Å². The number of aromatic nitrogens is 1. The lowest BCUT2D eigenvalue weighted by Crippen LogP contribution is -2.30. The number of alkyl halides is 3. The first-order valence-corrected chi connectivity index (χ1v) is 10.0. The fourth-order valence-electron chi connectivity index (χ4n) is 4.13. The molecule has 0 saturated heterocycles. The van der Waals surface area contributed by atoms with Crippen LogP contribution in [0.5, 0.6) is 0 Å². The molecule has 0 unspecified atom stereocenters. The topological polar surface area (TPSA) is 72.4 Å². The summed E-state index contributed by atoms with van der Waals surface area (Å²) >= 11 is 0. The highest BCUT2D eigenvalue weighted by atomic mass is 19.4.